The summed E-state index contributed by atoms with van der Waals surface area (Å²) in [6.07, 6.45) is 10.5. The van der Waals surface area contributed by atoms with Crippen molar-refractivity contribution >= 4 is 5.91 Å². The van der Waals surface area contributed by atoms with Gasteiger partial charge < -0.3 is 4.90 Å². The van der Waals surface area contributed by atoms with Crippen LogP contribution in [0.3, 0.4) is 0 Å². The van der Waals surface area contributed by atoms with Gasteiger partial charge in [-0.3, -0.25) is 14.8 Å². The molecule has 2 unspecified atom stereocenters. The van der Waals surface area contributed by atoms with Crippen molar-refractivity contribution in [3.05, 3.63) is 23.8 Å². The molecule has 1 aromatic rings. The summed E-state index contributed by atoms with van der Waals surface area (Å²) in [4.78, 5) is 23.5. The molecule has 4 nitrogen and oxygen atoms in total. The quantitative estimate of drug-likeness (QED) is 0.843. The zero-order valence-electron chi connectivity index (χ0n) is 13.4. The Labute approximate surface area is 132 Å². The number of likely N-dealkylation sites (tertiary alicyclic amines) is 1. The first kappa shape index (κ1) is 14.2. The Morgan fingerprint density at radius 2 is 1.77 bits per heavy atom. The minimum atomic E-state index is 0.0867. The molecule has 118 valence electrons. The fraction of sp³-hybridized carbons (Fsp3) is 0.722. The number of hydrogen-bond donors (Lipinski definition) is 0. The Hall–Kier alpha value is -1.45. The Morgan fingerprint density at radius 1 is 1.09 bits per heavy atom. The third-order valence-electron chi connectivity index (χ3n) is 5.95. The lowest BCUT2D eigenvalue weighted by Gasteiger charge is -2.46. The lowest BCUT2D eigenvalue weighted by atomic mass is 9.73. The predicted molar refractivity (Wildman–Crippen MR) is 84.1 cm³/mol. The van der Waals surface area contributed by atoms with Gasteiger partial charge in [-0.15, -0.1) is 0 Å². The first-order chi connectivity index (χ1) is 10.7. The summed E-state index contributed by atoms with van der Waals surface area (Å²) < 4.78 is 0. The van der Waals surface area contributed by atoms with Crippen molar-refractivity contribution in [3.8, 4) is 0 Å². The van der Waals surface area contributed by atoms with Gasteiger partial charge in [-0.25, -0.2) is 0 Å². The molecular formula is C18H25N3O. The summed E-state index contributed by atoms with van der Waals surface area (Å²) in [6.45, 7) is 4.36. The van der Waals surface area contributed by atoms with Crippen LogP contribution in [0.25, 0.3) is 0 Å². The zero-order chi connectivity index (χ0) is 15.1. The van der Waals surface area contributed by atoms with E-state index in [1.807, 2.05) is 0 Å². The lowest BCUT2D eigenvalue weighted by Crippen LogP contribution is -2.55. The number of rotatable bonds is 2. The first-order valence-corrected chi connectivity index (χ1v) is 8.78. The molecule has 0 aromatic carbocycles. The molecule has 2 fully saturated rings. The second-order valence-corrected chi connectivity index (χ2v) is 7.59. The van der Waals surface area contributed by atoms with E-state index in [-0.39, 0.29) is 5.92 Å². The maximum atomic E-state index is 12.7. The highest BCUT2D eigenvalue weighted by Gasteiger charge is 2.41. The van der Waals surface area contributed by atoms with Gasteiger partial charge in [0, 0.05) is 44.2 Å². The fourth-order valence-corrected chi connectivity index (χ4v) is 4.61. The van der Waals surface area contributed by atoms with Crippen LogP contribution >= 0.6 is 0 Å². The van der Waals surface area contributed by atoms with E-state index in [1.165, 1.54) is 25.7 Å². The summed E-state index contributed by atoms with van der Waals surface area (Å²) in [7, 11) is 0. The van der Waals surface area contributed by atoms with Crippen molar-refractivity contribution in [1.29, 1.82) is 0 Å². The van der Waals surface area contributed by atoms with E-state index in [0.29, 0.717) is 5.91 Å². The van der Waals surface area contributed by atoms with Crippen LogP contribution in [0.5, 0.6) is 0 Å². The minimum Gasteiger partial charge on any atom is -0.342 e. The van der Waals surface area contributed by atoms with E-state index in [9.17, 15) is 4.79 Å². The Morgan fingerprint density at radius 3 is 2.41 bits per heavy atom. The topological polar surface area (TPSA) is 46.1 Å². The summed E-state index contributed by atoms with van der Waals surface area (Å²) in [5.74, 6) is 2.91. The van der Waals surface area contributed by atoms with Crippen molar-refractivity contribution in [2.45, 2.75) is 45.4 Å². The van der Waals surface area contributed by atoms with Crippen molar-refractivity contribution in [2.75, 3.05) is 13.1 Å². The van der Waals surface area contributed by atoms with Crippen LogP contribution in [-0.4, -0.2) is 33.9 Å². The van der Waals surface area contributed by atoms with Crippen molar-refractivity contribution in [1.82, 2.24) is 14.9 Å². The summed E-state index contributed by atoms with van der Waals surface area (Å²) >= 11 is 0. The van der Waals surface area contributed by atoms with Gasteiger partial charge in [0.15, 0.2) is 0 Å². The highest BCUT2D eigenvalue weighted by atomic mass is 16.2. The largest absolute Gasteiger partial charge is 0.342 e. The Balaban J connectivity index is 1.31. The van der Waals surface area contributed by atoms with Gasteiger partial charge >= 0.3 is 0 Å². The highest BCUT2D eigenvalue weighted by molar-refractivity contribution is 5.81. The predicted octanol–water partition coefficient (Wildman–Crippen LogP) is 2.48. The number of nitrogens with zero attached hydrogens (tertiary/aromatic N) is 3. The van der Waals surface area contributed by atoms with E-state index in [1.54, 1.807) is 12.4 Å². The van der Waals surface area contributed by atoms with Gasteiger partial charge in [0.2, 0.25) is 5.91 Å². The number of aromatic nitrogens is 2. The SMILES string of the molecule is CC1CCCC(C2CN(C(=O)C3Cc4nccnc4C3)C2)C1. The summed E-state index contributed by atoms with van der Waals surface area (Å²) in [5, 5.41) is 0. The molecule has 1 amide bonds. The van der Waals surface area contributed by atoms with Gasteiger partial charge in [-0.1, -0.05) is 26.2 Å². The molecule has 2 heterocycles. The average molecular weight is 299 g/mol. The molecule has 3 aliphatic rings. The molecule has 0 spiro atoms. The van der Waals surface area contributed by atoms with Gasteiger partial charge in [0.25, 0.3) is 0 Å². The number of hydrogen-bond acceptors (Lipinski definition) is 3. The fourth-order valence-electron chi connectivity index (χ4n) is 4.61. The lowest BCUT2D eigenvalue weighted by molar-refractivity contribution is -0.143. The second kappa shape index (κ2) is 5.64. The van der Waals surface area contributed by atoms with E-state index in [2.05, 4.69) is 21.8 Å². The van der Waals surface area contributed by atoms with Gasteiger partial charge in [-0.2, -0.15) is 0 Å². The van der Waals surface area contributed by atoms with Crippen LogP contribution < -0.4 is 0 Å². The second-order valence-electron chi connectivity index (χ2n) is 7.59. The molecule has 2 atom stereocenters. The third kappa shape index (κ3) is 2.53. The maximum absolute atomic E-state index is 12.7. The van der Waals surface area contributed by atoms with Crippen LogP contribution in [0.4, 0.5) is 0 Å². The van der Waals surface area contributed by atoms with Crippen LogP contribution in [0.1, 0.15) is 44.0 Å². The smallest absolute Gasteiger partial charge is 0.226 e. The maximum Gasteiger partial charge on any atom is 0.226 e. The number of fused-ring (bicyclic) bond motifs is 1. The van der Waals surface area contributed by atoms with E-state index >= 15 is 0 Å². The molecule has 1 aliphatic heterocycles. The average Bonchev–Trinajstić information content (AvgIpc) is 2.89. The van der Waals surface area contributed by atoms with Crippen molar-refractivity contribution in [3.63, 3.8) is 0 Å². The van der Waals surface area contributed by atoms with E-state index in [4.69, 9.17) is 0 Å². The molecule has 1 aromatic heterocycles. The zero-order valence-corrected chi connectivity index (χ0v) is 13.4. The third-order valence-corrected chi connectivity index (χ3v) is 5.95. The molecule has 0 radical (unpaired) electrons. The molecule has 22 heavy (non-hydrogen) atoms. The Kier molecular flexibility index (Phi) is 3.63. The van der Waals surface area contributed by atoms with Gasteiger partial charge in [-0.05, 0) is 24.2 Å². The monoisotopic (exact) mass is 299 g/mol. The highest BCUT2D eigenvalue weighted by Crippen LogP contribution is 2.38. The molecular weight excluding hydrogens is 274 g/mol. The first-order valence-electron chi connectivity index (χ1n) is 8.78. The molecule has 4 heteroatoms. The molecule has 1 saturated carbocycles. The number of amides is 1. The Bertz CT molecular complexity index is 542. The number of carbonyl (C=O) groups excluding carboxylic acids is 1. The molecule has 4 rings (SSSR count). The van der Waals surface area contributed by atoms with E-state index < -0.39 is 0 Å². The van der Waals surface area contributed by atoms with Crippen molar-refractivity contribution in [2.24, 2.45) is 23.7 Å². The standard InChI is InChI=1S/C18H25N3O/c1-12-3-2-4-13(7-12)15-10-21(11-15)18(22)14-8-16-17(9-14)20-6-5-19-16/h5-6,12-15H,2-4,7-11H2,1H3. The van der Waals surface area contributed by atoms with Crippen LogP contribution in [0.2, 0.25) is 0 Å². The van der Waals surface area contributed by atoms with Gasteiger partial charge in [0.1, 0.15) is 0 Å². The molecule has 1 saturated heterocycles. The molecule has 2 aliphatic carbocycles. The van der Waals surface area contributed by atoms with Crippen LogP contribution in [0, 0.1) is 23.7 Å². The summed E-state index contributed by atoms with van der Waals surface area (Å²) in [6, 6.07) is 0. The van der Waals surface area contributed by atoms with Gasteiger partial charge in [0.05, 0.1) is 11.4 Å². The molecule has 0 bridgehead atoms. The van der Waals surface area contributed by atoms with Crippen LogP contribution in [0.15, 0.2) is 12.4 Å². The normalized spacial score (nSPS) is 29.2. The number of carbonyl (C=O) groups is 1. The van der Waals surface area contributed by atoms with E-state index in [0.717, 1.165) is 55.1 Å². The minimum absolute atomic E-state index is 0.0867. The van der Waals surface area contributed by atoms with Crippen LogP contribution in [-0.2, 0) is 17.6 Å². The van der Waals surface area contributed by atoms with Crippen molar-refractivity contribution < 1.29 is 4.79 Å². The summed E-state index contributed by atoms with van der Waals surface area (Å²) in [5.41, 5.74) is 2.05. The molecule has 0 N–H and O–H groups in total.